The zero-order valence-corrected chi connectivity index (χ0v) is 13.5. The Kier molecular flexibility index (Phi) is 6.76. The fourth-order valence-electron chi connectivity index (χ4n) is 2.54. The molecule has 0 aliphatic carbocycles. The van der Waals surface area contributed by atoms with E-state index in [-0.39, 0.29) is 11.9 Å². The molecular formula is C19H24N2O2. The summed E-state index contributed by atoms with van der Waals surface area (Å²) in [5.41, 5.74) is 1.83. The van der Waals surface area contributed by atoms with E-state index in [0.717, 1.165) is 25.7 Å². The fraction of sp³-hybridized carbons (Fsp3) is 0.368. The van der Waals surface area contributed by atoms with Crippen molar-refractivity contribution < 1.29 is 9.90 Å². The average molecular weight is 312 g/mol. The highest BCUT2D eigenvalue weighted by Crippen LogP contribution is 2.14. The fourth-order valence-corrected chi connectivity index (χ4v) is 2.54. The van der Waals surface area contributed by atoms with Crippen LogP contribution in [0.4, 0.5) is 0 Å². The van der Waals surface area contributed by atoms with Gasteiger partial charge in [0.15, 0.2) is 6.10 Å². The summed E-state index contributed by atoms with van der Waals surface area (Å²) in [7, 11) is 0. The normalized spacial score (nSPS) is 13.3. The van der Waals surface area contributed by atoms with E-state index in [4.69, 9.17) is 0 Å². The average Bonchev–Trinajstić information content (AvgIpc) is 2.61. The third-order valence-corrected chi connectivity index (χ3v) is 3.94. The molecule has 0 aliphatic heterocycles. The lowest BCUT2D eigenvalue weighted by atomic mass is 10.0. The second-order valence-electron chi connectivity index (χ2n) is 5.68. The van der Waals surface area contributed by atoms with Crippen LogP contribution in [0.25, 0.3) is 0 Å². The van der Waals surface area contributed by atoms with Gasteiger partial charge in [-0.15, -0.1) is 0 Å². The molecule has 122 valence electrons. The molecule has 0 fully saturated rings. The summed E-state index contributed by atoms with van der Waals surface area (Å²) in [5, 5.41) is 13.1. The first-order valence-corrected chi connectivity index (χ1v) is 8.13. The molecule has 2 N–H and O–H groups in total. The van der Waals surface area contributed by atoms with E-state index in [0.29, 0.717) is 5.56 Å². The van der Waals surface area contributed by atoms with Gasteiger partial charge in [0.25, 0.3) is 5.91 Å². The van der Waals surface area contributed by atoms with Crippen LogP contribution in [0.5, 0.6) is 0 Å². The van der Waals surface area contributed by atoms with Gasteiger partial charge in [0.1, 0.15) is 0 Å². The minimum atomic E-state index is -1.11. The van der Waals surface area contributed by atoms with Crippen LogP contribution in [0.3, 0.4) is 0 Å². The van der Waals surface area contributed by atoms with E-state index >= 15 is 0 Å². The van der Waals surface area contributed by atoms with Gasteiger partial charge in [-0.25, -0.2) is 0 Å². The number of carbonyl (C=O) groups excluding carboxylic acids is 1. The van der Waals surface area contributed by atoms with Crippen LogP contribution >= 0.6 is 0 Å². The molecule has 0 bridgehead atoms. The number of nitrogens with zero attached hydrogens (tertiary/aromatic N) is 1. The lowest BCUT2D eigenvalue weighted by molar-refractivity contribution is -0.130. The SMILES string of the molecule is CC[C@@H](CCCc1cccnc1)NC(=O)[C@H](O)c1ccccc1. The van der Waals surface area contributed by atoms with Crippen molar-refractivity contribution in [1.29, 1.82) is 0 Å². The van der Waals surface area contributed by atoms with Crippen LogP contribution in [0.2, 0.25) is 0 Å². The third kappa shape index (κ3) is 5.49. The summed E-state index contributed by atoms with van der Waals surface area (Å²) >= 11 is 0. The molecule has 1 aromatic carbocycles. The van der Waals surface area contributed by atoms with Crippen molar-refractivity contribution in [2.24, 2.45) is 0 Å². The molecule has 0 saturated carbocycles. The first kappa shape index (κ1) is 17.2. The number of benzene rings is 1. The Hall–Kier alpha value is -2.20. The minimum Gasteiger partial charge on any atom is -0.378 e. The molecule has 1 aromatic heterocycles. The highest BCUT2D eigenvalue weighted by Gasteiger charge is 2.19. The molecule has 1 heterocycles. The van der Waals surface area contributed by atoms with E-state index < -0.39 is 6.10 Å². The lowest BCUT2D eigenvalue weighted by Crippen LogP contribution is -2.37. The van der Waals surface area contributed by atoms with Gasteiger partial charge >= 0.3 is 0 Å². The first-order valence-electron chi connectivity index (χ1n) is 8.13. The predicted octanol–water partition coefficient (Wildman–Crippen LogP) is 3.03. The van der Waals surface area contributed by atoms with Crippen LogP contribution in [-0.2, 0) is 11.2 Å². The molecule has 2 rings (SSSR count). The Morgan fingerprint density at radius 3 is 2.65 bits per heavy atom. The summed E-state index contributed by atoms with van der Waals surface area (Å²) in [6.45, 7) is 2.05. The van der Waals surface area contributed by atoms with Gasteiger partial charge in [-0.1, -0.05) is 43.3 Å². The molecule has 23 heavy (non-hydrogen) atoms. The van der Waals surface area contributed by atoms with Crippen molar-refractivity contribution in [1.82, 2.24) is 10.3 Å². The van der Waals surface area contributed by atoms with Gasteiger partial charge < -0.3 is 10.4 Å². The Morgan fingerprint density at radius 1 is 1.22 bits per heavy atom. The summed E-state index contributed by atoms with van der Waals surface area (Å²) in [4.78, 5) is 16.3. The van der Waals surface area contributed by atoms with E-state index in [1.165, 1.54) is 5.56 Å². The molecule has 0 radical (unpaired) electrons. The molecular weight excluding hydrogens is 288 g/mol. The summed E-state index contributed by atoms with van der Waals surface area (Å²) in [5.74, 6) is -0.329. The standard InChI is InChI=1S/C19H24N2O2/c1-2-17(12-6-8-15-9-7-13-20-14-15)21-19(23)18(22)16-10-4-3-5-11-16/h3-5,7,9-11,13-14,17-18,22H,2,6,8,12H2,1H3,(H,21,23)/t17-,18+/m0/s1. The molecule has 4 heteroatoms. The third-order valence-electron chi connectivity index (χ3n) is 3.94. The van der Waals surface area contributed by atoms with Gasteiger partial charge in [-0.05, 0) is 42.9 Å². The summed E-state index contributed by atoms with van der Waals surface area (Å²) in [6, 6.07) is 13.1. The zero-order chi connectivity index (χ0) is 16.5. The number of rotatable bonds is 8. The Bertz CT molecular complexity index is 587. The molecule has 4 nitrogen and oxygen atoms in total. The molecule has 0 saturated heterocycles. The van der Waals surface area contributed by atoms with Crippen molar-refractivity contribution >= 4 is 5.91 Å². The summed E-state index contributed by atoms with van der Waals surface area (Å²) < 4.78 is 0. The maximum absolute atomic E-state index is 12.2. The van der Waals surface area contributed by atoms with E-state index in [2.05, 4.69) is 16.4 Å². The topological polar surface area (TPSA) is 62.2 Å². The predicted molar refractivity (Wildman–Crippen MR) is 90.8 cm³/mol. The second-order valence-corrected chi connectivity index (χ2v) is 5.68. The highest BCUT2D eigenvalue weighted by atomic mass is 16.3. The highest BCUT2D eigenvalue weighted by molar-refractivity contribution is 5.82. The van der Waals surface area contributed by atoms with Crippen LogP contribution in [0, 0.1) is 0 Å². The molecule has 2 atom stereocenters. The number of carbonyl (C=O) groups is 1. The summed E-state index contributed by atoms with van der Waals surface area (Å²) in [6.07, 6.45) is 6.19. The minimum absolute atomic E-state index is 0.0810. The van der Waals surface area contributed by atoms with Crippen molar-refractivity contribution in [2.75, 3.05) is 0 Å². The molecule has 0 unspecified atom stereocenters. The smallest absolute Gasteiger partial charge is 0.253 e. The number of nitrogens with one attached hydrogen (secondary N) is 1. The van der Waals surface area contributed by atoms with Crippen molar-refractivity contribution in [3.63, 3.8) is 0 Å². The number of hydrogen-bond acceptors (Lipinski definition) is 3. The largest absolute Gasteiger partial charge is 0.378 e. The van der Waals surface area contributed by atoms with Gasteiger partial charge in [0.2, 0.25) is 0 Å². The van der Waals surface area contributed by atoms with Crippen LogP contribution in [0.1, 0.15) is 43.4 Å². The lowest BCUT2D eigenvalue weighted by Gasteiger charge is -2.19. The van der Waals surface area contributed by atoms with E-state index in [1.807, 2.05) is 37.4 Å². The number of aliphatic hydroxyl groups is 1. The van der Waals surface area contributed by atoms with Gasteiger partial charge in [-0.2, -0.15) is 0 Å². The number of amides is 1. The Morgan fingerprint density at radius 2 is 2.00 bits per heavy atom. The Labute approximate surface area is 137 Å². The van der Waals surface area contributed by atoms with Crippen molar-refractivity contribution in [3.8, 4) is 0 Å². The van der Waals surface area contributed by atoms with Crippen molar-refractivity contribution in [3.05, 3.63) is 66.0 Å². The number of hydrogen-bond donors (Lipinski definition) is 2. The molecule has 0 spiro atoms. The molecule has 1 amide bonds. The van der Waals surface area contributed by atoms with E-state index in [1.54, 1.807) is 18.3 Å². The quantitative estimate of drug-likeness (QED) is 0.787. The monoisotopic (exact) mass is 312 g/mol. The van der Waals surface area contributed by atoms with Crippen LogP contribution < -0.4 is 5.32 Å². The Balaban J connectivity index is 1.80. The number of aromatic nitrogens is 1. The first-order chi connectivity index (χ1) is 11.2. The number of aliphatic hydroxyl groups excluding tert-OH is 1. The second kappa shape index (κ2) is 9.06. The van der Waals surface area contributed by atoms with Gasteiger partial charge in [0, 0.05) is 18.4 Å². The maximum Gasteiger partial charge on any atom is 0.253 e. The van der Waals surface area contributed by atoms with Crippen molar-refractivity contribution in [2.45, 2.75) is 44.8 Å². The van der Waals surface area contributed by atoms with E-state index in [9.17, 15) is 9.90 Å². The molecule has 0 aliphatic rings. The zero-order valence-electron chi connectivity index (χ0n) is 13.5. The van der Waals surface area contributed by atoms with Gasteiger partial charge in [-0.3, -0.25) is 9.78 Å². The maximum atomic E-state index is 12.2. The van der Waals surface area contributed by atoms with Crippen LogP contribution in [0.15, 0.2) is 54.9 Å². The van der Waals surface area contributed by atoms with Crippen LogP contribution in [-0.4, -0.2) is 22.0 Å². The number of aryl methyl sites for hydroxylation is 1. The van der Waals surface area contributed by atoms with Gasteiger partial charge in [0.05, 0.1) is 0 Å². The number of pyridine rings is 1. The molecule has 2 aromatic rings.